The second-order valence-electron chi connectivity index (χ2n) is 2.44. The van der Waals surface area contributed by atoms with Crippen LogP contribution in [0.4, 0.5) is 8.78 Å². The van der Waals surface area contributed by atoms with Gasteiger partial charge in [-0.2, -0.15) is 4.39 Å². The van der Waals surface area contributed by atoms with Crippen molar-refractivity contribution < 1.29 is 18.7 Å². The molecule has 0 spiro atoms. The van der Waals surface area contributed by atoms with Gasteiger partial charge >= 0.3 is 5.97 Å². The van der Waals surface area contributed by atoms with Gasteiger partial charge in [0, 0.05) is 10.6 Å². The molecule has 0 atom stereocenters. The minimum absolute atomic E-state index is 0.158. The average molecular weight is 219 g/mol. The van der Waals surface area contributed by atoms with Crippen LogP contribution in [0.5, 0.6) is 0 Å². The largest absolute Gasteiger partial charge is 0.476 e. The van der Waals surface area contributed by atoms with Gasteiger partial charge in [0.15, 0.2) is 5.83 Å². The number of carbonyl (C=O) groups is 1. The van der Waals surface area contributed by atoms with Crippen LogP contribution < -0.4 is 0 Å². The summed E-state index contributed by atoms with van der Waals surface area (Å²) in [6.45, 7) is 0. The van der Waals surface area contributed by atoms with Gasteiger partial charge in [-0.3, -0.25) is 0 Å². The molecule has 2 nitrogen and oxygen atoms in total. The quantitative estimate of drug-likeness (QED) is 0.775. The maximum Gasteiger partial charge on any atom is 0.367 e. The number of benzene rings is 1. The Labute approximate surface area is 83.4 Å². The van der Waals surface area contributed by atoms with Gasteiger partial charge in [-0.25, -0.2) is 9.18 Å². The van der Waals surface area contributed by atoms with E-state index in [1.165, 1.54) is 24.3 Å². The van der Waals surface area contributed by atoms with Crippen LogP contribution in [0.2, 0.25) is 5.02 Å². The molecule has 0 aliphatic rings. The highest BCUT2D eigenvalue weighted by Crippen LogP contribution is 2.22. The summed E-state index contributed by atoms with van der Waals surface area (Å²) in [7, 11) is 0. The molecular weight excluding hydrogens is 214 g/mol. The van der Waals surface area contributed by atoms with Gasteiger partial charge in [-0.05, 0) is 12.1 Å². The van der Waals surface area contributed by atoms with E-state index in [2.05, 4.69) is 0 Å². The third-order valence-corrected chi connectivity index (χ3v) is 1.73. The molecule has 0 heterocycles. The number of hydrogen-bond acceptors (Lipinski definition) is 1. The van der Waals surface area contributed by atoms with E-state index in [-0.39, 0.29) is 5.56 Å². The van der Waals surface area contributed by atoms with Crippen LogP contribution in [-0.4, -0.2) is 11.1 Å². The maximum absolute atomic E-state index is 13.0. The van der Waals surface area contributed by atoms with E-state index >= 15 is 0 Å². The second-order valence-corrected chi connectivity index (χ2v) is 2.88. The monoisotopic (exact) mass is 218 g/mol. The van der Waals surface area contributed by atoms with Crippen molar-refractivity contribution in [2.45, 2.75) is 0 Å². The molecule has 0 fully saturated rings. The SMILES string of the molecule is O=C(O)C(F)=C(F)c1ccc(Cl)cc1. The average Bonchev–Trinajstić information content (AvgIpc) is 2.16. The smallest absolute Gasteiger partial charge is 0.367 e. The number of halogens is 3. The van der Waals surface area contributed by atoms with Gasteiger partial charge < -0.3 is 5.11 Å². The first-order valence-corrected chi connectivity index (χ1v) is 3.94. The highest BCUT2D eigenvalue weighted by Gasteiger charge is 2.15. The number of rotatable bonds is 2. The van der Waals surface area contributed by atoms with Gasteiger partial charge in [0.05, 0.1) is 0 Å². The predicted molar refractivity (Wildman–Crippen MR) is 48.2 cm³/mol. The summed E-state index contributed by atoms with van der Waals surface area (Å²) < 4.78 is 25.6. The highest BCUT2D eigenvalue weighted by molar-refractivity contribution is 6.30. The number of carboxylic acid groups (broad SMARTS) is 1. The van der Waals surface area contributed by atoms with E-state index in [9.17, 15) is 13.6 Å². The molecule has 1 aromatic rings. The van der Waals surface area contributed by atoms with E-state index in [0.717, 1.165) is 0 Å². The van der Waals surface area contributed by atoms with E-state index in [4.69, 9.17) is 16.7 Å². The molecule has 0 saturated carbocycles. The fourth-order valence-corrected chi connectivity index (χ4v) is 0.943. The van der Waals surface area contributed by atoms with Crippen LogP contribution in [0.3, 0.4) is 0 Å². The minimum atomic E-state index is -1.93. The number of aliphatic carboxylic acids is 1. The summed E-state index contributed by atoms with van der Waals surface area (Å²) in [6.07, 6.45) is 0. The van der Waals surface area contributed by atoms with Crippen molar-refractivity contribution in [2.24, 2.45) is 0 Å². The Bertz CT molecular complexity index is 384. The molecule has 1 rings (SSSR count). The molecule has 0 unspecified atom stereocenters. The van der Waals surface area contributed by atoms with Crippen LogP contribution in [-0.2, 0) is 4.79 Å². The Morgan fingerprint density at radius 1 is 1.21 bits per heavy atom. The lowest BCUT2D eigenvalue weighted by Crippen LogP contribution is -1.97. The van der Waals surface area contributed by atoms with Crippen molar-refractivity contribution in [3.8, 4) is 0 Å². The first-order valence-electron chi connectivity index (χ1n) is 3.57. The van der Waals surface area contributed by atoms with Gasteiger partial charge in [-0.15, -0.1) is 0 Å². The molecule has 0 aliphatic carbocycles. The molecule has 0 saturated heterocycles. The Morgan fingerprint density at radius 2 is 1.71 bits per heavy atom. The molecule has 0 bridgehead atoms. The summed E-state index contributed by atoms with van der Waals surface area (Å²) in [4.78, 5) is 10.1. The van der Waals surface area contributed by atoms with Crippen molar-refractivity contribution in [2.75, 3.05) is 0 Å². The van der Waals surface area contributed by atoms with Gasteiger partial charge in [0.1, 0.15) is 0 Å². The van der Waals surface area contributed by atoms with Crippen LogP contribution in [0, 0.1) is 0 Å². The van der Waals surface area contributed by atoms with Crippen molar-refractivity contribution >= 4 is 23.4 Å². The zero-order chi connectivity index (χ0) is 10.7. The normalized spacial score (nSPS) is 12.2. The fourth-order valence-electron chi connectivity index (χ4n) is 0.817. The topological polar surface area (TPSA) is 37.3 Å². The van der Waals surface area contributed by atoms with E-state index in [1.54, 1.807) is 0 Å². The molecule has 0 aliphatic heterocycles. The van der Waals surface area contributed by atoms with Crippen LogP contribution in [0.15, 0.2) is 30.1 Å². The summed E-state index contributed by atoms with van der Waals surface area (Å²) in [5.74, 6) is -5.15. The lowest BCUT2D eigenvalue weighted by molar-refractivity contribution is -0.134. The molecule has 14 heavy (non-hydrogen) atoms. The first kappa shape index (κ1) is 10.7. The first-order chi connectivity index (χ1) is 6.52. The molecule has 0 aromatic heterocycles. The van der Waals surface area contributed by atoms with Crippen molar-refractivity contribution in [1.82, 2.24) is 0 Å². The summed E-state index contributed by atoms with van der Waals surface area (Å²) in [5, 5.41) is 8.53. The lowest BCUT2D eigenvalue weighted by atomic mass is 10.2. The predicted octanol–water partition coefficient (Wildman–Crippen LogP) is 3.03. The molecule has 74 valence electrons. The summed E-state index contributed by atoms with van der Waals surface area (Å²) >= 11 is 5.51. The second kappa shape index (κ2) is 4.19. The van der Waals surface area contributed by atoms with Crippen LogP contribution in [0.1, 0.15) is 5.56 Å². The van der Waals surface area contributed by atoms with E-state index in [1.807, 2.05) is 0 Å². The third kappa shape index (κ3) is 2.29. The fraction of sp³-hybridized carbons (Fsp3) is 0. The Kier molecular flexibility index (Phi) is 3.19. The van der Waals surface area contributed by atoms with E-state index in [0.29, 0.717) is 5.02 Å². The Balaban J connectivity index is 3.12. The Hall–Kier alpha value is -1.42. The van der Waals surface area contributed by atoms with Crippen LogP contribution in [0.25, 0.3) is 5.83 Å². The van der Waals surface area contributed by atoms with Crippen LogP contribution >= 0.6 is 11.6 Å². The lowest BCUT2D eigenvalue weighted by Gasteiger charge is -1.97. The van der Waals surface area contributed by atoms with Gasteiger partial charge in [-0.1, -0.05) is 23.7 Å². The van der Waals surface area contributed by atoms with Gasteiger partial charge in [0.2, 0.25) is 5.83 Å². The standard InChI is InChI=1S/C9H5ClF2O2/c10-6-3-1-5(2-4-6)7(11)8(12)9(13)14/h1-4H,(H,13,14). The Morgan fingerprint density at radius 3 is 2.14 bits per heavy atom. The minimum Gasteiger partial charge on any atom is -0.476 e. The van der Waals surface area contributed by atoms with Gasteiger partial charge in [0.25, 0.3) is 0 Å². The maximum atomic E-state index is 13.0. The van der Waals surface area contributed by atoms with Crippen molar-refractivity contribution in [1.29, 1.82) is 0 Å². The van der Waals surface area contributed by atoms with E-state index < -0.39 is 17.6 Å². The van der Waals surface area contributed by atoms with Crippen molar-refractivity contribution in [3.05, 3.63) is 40.7 Å². The number of hydrogen-bond donors (Lipinski definition) is 1. The zero-order valence-corrected chi connectivity index (χ0v) is 7.55. The molecule has 1 N–H and O–H groups in total. The molecule has 5 heteroatoms. The third-order valence-electron chi connectivity index (χ3n) is 1.48. The zero-order valence-electron chi connectivity index (χ0n) is 6.80. The summed E-state index contributed by atoms with van der Waals surface area (Å²) in [6, 6.07) is 5.07. The highest BCUT2D eigenvalue weighted by atomic mass is 35.5. The van der Waals surface area contributed by atoms with Crippen molar-refractivity contribution in [3.63, 3.8) is 0 Å². The number of carboxylic acids is 1. The molecule has 1 aromatic carbocycles. The summed E-state index contributed by atoms with van der Waals surface area (Å²) in [5.41, 5.74) is -0.158. The molecule has 0 amide bonds. The molecule has 0 radical (unpaired) electrons. The molecular formula is C9H5ClF2O2.